The Hall–Kier alpha value is -2.29. The highest BCUT2D eigenvalue weighted by Gasteiger charge is 2.22. The molecule has 10 heteroatoms. The molecule has 0 aromatic heterocycles. The highest BCUT2D eigenvalue weighted by Crippen LogP contribution is 2.38. The third-order valence-electron chi connectivity index (χ3n) is 15.3. The number of quaternary nitrogens is 1. The van der Waals surface area contributed by atoms with E-state index >= 15 is 0 Å². The van der Waals surface area contributed by atoms with Gasteiger partial charge in [0.25, 0.3) is 7.82 Å². The molecule has 2 unspecified atom stereocenters. The van der Waals surface area contributed by atoms with Crippen LogP contribution >= 0.6 is 7.82 Å². The third-order valence-corrected chi connectivity index (χ3v) is 16.2. The van der Waals surface area contributed by atoms with Gasteiger partial charge in [0.05, 0.1) is 27.7 Å². The molecule has 0 radical (unpaired) electrons. The van der Waals surface area contributed by atoms with E-state index in [0.29, 0.717) is 23.9 Å². The van der Waals surface area contributed by atoms with E-state index < -0.39 is 32.5 Å². The quantitative estimate of drug-likeness (QED) is 0.0195. The van der Waals surface area contributed by atoms with Gasteiger partial charge >= 0.3 is 11.9 Å². The summed E-state index contributed by atoms with van der Waals surface area (Å²) in [5.74, 6) is -0.837. The average molecular weight is 1160 g/mol. The second kappa shape index (κ2) is 62.2. The maximum Gasteiger partial charge on any atom is 0.306 e. The summed E-state index contributed by atoms with van der Waals surface area (Å²) in [5.41, 5.74) is 0. The monoisotopic (exact) mass is 1160 g/mol. The number of rotatable bonds is 64. The second-order valence-electron chi connectivity index (χ2n) is 24.5. The van der Waals surface area contributed by atoms with Gasteiger partial charge in [-0.15, -0.1) is 0 Å². The van der Waals surface area contributed by atoms with Gasteiger partial charge in [-0.2, -0.15) is 0 Å². The summed E-state index contributed by atoms with van der Waals surface area (Å²) in [4.78, 5) is 37.9. The number of carbonyl (C=O) groups excluding carboxylic acids is 2. The summed E-state index contributed by atoms with van der Waals surface area (Å²) >= 11 is 0. The van der Waals surface area contributed by atoms with Gasteiger partial charge in [0.2, 0.25) is 0 Å². The molecule has 0 amide bonds. The third kappa shape index (κ3) is 66.7. The van der Waals surface area contributed by atoms with Gasteiger partial charge in [0.1, 0.15) is 19.8 Å². The molecule has 0 saturated carbocycles. The highest BCUT2D eigenvalue weighted by atomic mass is 31.2. The van der Waals surface area contributed by atoms with E-state index in [2.05, 4.69) is 74.6 Å². The Kier molecular flexibility index (Phi) is 60.5. The smallest absolute Gasteiger partial charge is 0.306 e. The van der Waals surface area contributed by atoms with Gasteiger partial charge < -0.3 is 27.9 Å². The number of carbonyl (C=O) groups is 2. The molecule has 0 spiro atoms. The molecule has 81 heavy (non-hydrogen) atoms. The summed E-state index contributed by atoms with van der Waals surface area (Å²) in [6, 6.07) is 0. The lowest BCUT2D eigenvalue weighted by Gasteiger charge is -2.28. The van der Waals surface area contributed by atoms with Crippen LogP contribution in [0, 0.1) is 0 Å². The van der Waals surface area contributed by atoms with Crippen molar-refractivity contribution in [1.29, 1.82) is 0 Å². The van der Waals surface area contributed by atoms with Gasteiger partial charge in [-0.3, -0.25) is 14.2 Å². The Bertz CT molecular complexity index is 1550. The van der Waals surface area contributed by atoms with E-state index in [4.69, 9.17) is 18.5 Å². The molecule has 0 heterocycles. The van der Waals surface area contributed by atoms with Crippen molar-refractivity contribution >= 4 is 19.8 Å². The van der Waals surface area contributed by atoms with Crippen LogP contribution < -0.4 is 4.89 Å². The SMILES string of the molecule is CCCCCC/C=C\C/C=C\CCCCCCCC(=O)OCC(COP(=O)([O-])OCC[N+](C)(C)C)OC(=O)CCCCCCCCCCCCCCCCCCCCCCCCCCCC/C=C\C/C=C\C/C=C\CCCCCCC. The molecule has 474 valence electrons. The van der Waals surface area contributed by atoms with Crippen molar-refractivity contribution in [3.05, 3.63) is 60.8 Å². The van der Waals surface area contributed by atoms with Crippen molar-refractivity contribution in [2.24, 2.45) is 0 Å². The number of hydrogen-bond acceptors (Lipinski definition) is 8. The fourth-order valence-corrected chi connectivity index (χ4v) is 10.7. The minimum atomic E-state index is -4.64. The van der Waals surface area contributed by atoms with Crippen molar-refractivity contribution in [1.82, 2.24) is 0 Å². The number of allylic oxidation sites excluding steroid dienone is 10. The van der Waals surface area contributed by atoms with Gasteiger partial charge in [-0.05, 0) is 83.5 Å². The zero-order valence-electron chi connectivity index (χ0n) is 54.0. The normalized spacial score (nSPS) is 13.5. The number of phosphoric ester groups is 1. The topological polar surface area (TPSA) is 111 Å². The average Bonchev–Trinajstić information content (AvgIpc) is 3.43. The van der Waals surface area contributed by atoms with Crippen molar-refractivity contribution in [3.63, 3.8) is 0 Å². The minimum Gasteiger partial charge on any atom is -0.756 e. The van der Waals surface area contributed by atoms with E-state index in [-0.39, 0.29) is 26.1 Å². The molecule has 0 aliphatic rings. The number of unbranched alkanes of at least 4 members (excludes halogenated alkanes) is 40. The predicted octanol–water partition coefficient (Wildman–Crippen LogP) is 21.6. The van der Waals surface area contributed by atoms with Gasteiger partial charge in [-0.1, -0.05) is 293 Å². The maximum absolute atomic E-state index is 12.8. The molecule has 2 atom stereocenters. The summed E-state index contributed by atoms with van der Waals surface area (Å²) in [7, 11) is 1.17. The Morgan fingerprint density at radius 1 is 0.383 bits per heavy atom. The summed E-state index contributed by atoms with van der Waals surface area (Å²) in [5, 5.41) is 0. The van der Waals surface area contributed by atoms with Crippen molar-refractivity contribution < 1.29 is 42.1 Å². The van der Waals surface area contributed by atoms with Crippen LogP contribution in [0.2, 0.25) is 0 Å². The molecule has 9 nitrogen and oxygen atoms in total. The Balaban J connectivity index is 3.89. The largest absolute Gasteiger partial charge is 0.756 e. The first kappa shape index (κ1) is 78.7. The molecule has 0 aliphatic carbocycles. The van der Waals surface area contributed by atoms with E-state index in [1.807, 2.05) is 21.1 Å². The zero-order chi connectivity index (χ0) is 59.1. The fraction of sp³-hybridized carbons (Fsp3) is 0.831. The zero-order valence-corrected chi connectivity index (χ0v) is 54.9. The van der Waals surface area contributed by atoms with Crippen molar-refractivity contribution in [2.45, 2.75) is 335 Å². The lowest BCUT2D eigenvalue weighted by Crippen LogP contribution is -2.37. The summed E-state index contributed by atoms with van der Waals surface area (Å²) in [6.45, 7) is 4.23. The standard InChI is InChI=1S/C71H132NO8P/c1-6-8-10-12-14-16-18-20-22-24-25-26-27-28-29-30-31-32-33-34-35-36-37-38-39-40-41-42-43-44-45-46-47-48-50-52-54-56-58-60-62-64-71(74)80-69(68-79-81(75,76)78-66-65-72(3,4)5)67-77-70(73)63-61-59-57-55-53-51-49-23-21-19-17-15-13-11-9-7-2/h17-20,23-25,27-28,49,69H,6-16,21-22,26,29-48,50-68H2,1-5H3/b19-17-,20-18-,25-24-,28-27-,49-23-. The lowest BCUT2D eigenvalue weighted by atomic mass is 10.0. The number of ether oxygens (including phenoxy) is 2. The summed E-state index contributed by atoms with van der Waals surface area (Å²) in [6.07, 6.45) is 81.8. The van der Waals surface area contributed by atoms with Crippen LogP contribution in [0.5, 0.6) is 0 Å². The molecule has 0 fully saturated rings. The van der Waals surface area contributed by atoms with E-state index in [1.165, 1.54) is 225 Å². The van der Waals surface area contributed by atoms with Crippen LogP contribution in [-0.2, 0) is 32.7 Å². The number of nitrogens with zero attached hydrogens (tertiary/aromatic N) is 1. The molecule has 0 aliphatic heterocycles. The number of likely N-dealkylation sites (N-methyl/N-ethyl adjacent to an activating group) is 1. The molecule has 0 saturated heterocycles. The first-order chi connectivity index (χ1) is 39.5. The van der Waals surface area contributed by atoms with E-state index in [1.54, 1.807) is 0 Å². The van der Waals surface area contributed by atoms with Crippen LogP contribution in [0.25, 0.3) is 0 Å². The first-order valence-electron chi connectivity index (χ1n) is 34.5. The predicted molar refractivity (Wildman–Crippen MR) is 347 cm³/mol. The maximum atomic E-state index is 12.8. The van der Waals surface area contributed by atoms with Gasteiger partial charge in [0.15, 0.2) is 6.10 Å². The Labute approximate surface area is 502 Å². The van der Waals surface area contributed by atoms with E-state index in [9.17, 15) is 19.0 Å². The summed E-state index contributed by atoms with van der Waals surface area (Å²) < 4.78 is 34.2. The molecule has 0 N–H and O–H groups in total. The highest BCUT2D eigenvalue weighted by molar-refractivity contribution is 7.45. The molecule has 0 rings (SSSR count). The molecule has 0 aromatic carbocycles. The van der Waals surface area contributed by atoms with Gasteiger partial charge in [-0.25, -0.2) is 0 Å². The number of esters is 2. The van der Waals surface area contributed by atoms with Gasteiger partial charge in [0, 0.05) is 12.8 Å². The van der Waals surface area contributed by atoms with Crippen molar-refractivity contribution in [3.8, 4) is 0 Å². The second-order valence-corrected chi connectivity index (χ2v) is 25.9. The van der Waals surface area contributed by atoms with Crippen molar-refractivity contribution in [2.75, 3.05) is 47.5 Å². The molecule has 0 aromatic rings. The molecular weight excluding hydrogens is 1030 g/mol. The Morgan fingerprint density at radius 3 is 1.00 bits per heavy atom. The Morgan fingerprint density at radius 2 is 0.667 bits per heavy atom. The van der Waals surface area contributed by atoms with E-state index in [0.717, 1.165) is 64.2 Å². The minimum absolute atomic E-state index is 0.0325. The van der Waals surface area contributed by atoms with Crippen LogP contribution in [-0.4, -0.2) is 70.0 Å². The van der Waals surface area contributed by atoms with Crippen LogP contribution in [0.1, 0.15) is 328 Å². The number of hydrogen-bond donors (Lipinski definition) is 0. The first-order valence-corrected chi connectivity index (χ1v) is 36.0. The lowest BCUT2D eigenvalue weighted by molar-refractivity contribution is -0.870. The van der Waals surface area contributed by atoms with Crippen LogP contribution in [0.4, 0.5) is 0 Å². The fourth-order valence-electron chi connectivity index (χ4n) is 9.93. The van der Waals surface area contributed by atoms with Crippen LogP contribution in [0.15, 0.2) is 60.8 Å². The molecular formula is C71H132NO8P. The van der Waals surface area contributed by atoms with Crippen LogP contribution in [0.3, 0.4) is 0 Å². The number of phosphoric acid groups is 1. The molecule has 0 bridgehead atoms.